The molecule has 0 aromatic rings. The number of carbonyl (C=O) groups is 2. The van der Waals surface area contributed by atoms with E-state index >= 15 is 0 Å². The van der Waals surface area contributed by atoms with Crippen molar-refractivity contribution in [1.29, 1.82) is 0 Å². The first-order chi connectivity index (χ1) is 11.0. The first kappa shape index (κ1) is 19.9. The molecule has 5 heteroatoms. The maximum atomic E-state index is 12.2. The molecular weight excluding hydrogens is 290 g/mol. The fourth-order valence-electron chi connectivity index (χ4n) is 2.89. The number of likely N-dealkylation sites (tertiary alicyclic amines) is 1. The Bertz CT molecular complexity index is 350. The largest absolute Gasteiger partial charge is 0.352 e. The number of nitrogens with zero attached hydrogens (tertiary/aromatic N) is 1. The van der Waals surface area contributed by atoms with Crippen molar-refractivity contribution in [2.24, 2.45) is 0 Å². The van der Waals surface area contributed by atoms with Crippen LogP contribution in [-0.4, -0.2) is 48.4 Å². The van der Waals surface area contributed by atoms with Crippen molar-refractivity contribution >= 4 is 11.8 Å². The highest BCUT2D eigenvalue weighted by molar-refractivity contribution is 5.78. The molecule has 2 N–H and O–H groups in total. The van der Waals surface area contributed by atoms with Gasteiger partial charge < -0.3 is 15.5 Å². The molecule has 1 saturated heterocycles. The van der Waals surface area contributed by atoms with E-state index in [1.165, 1.54) is 19.3 Å². The summed E-state index contributed by atoms with van der Waals surface area (Å²) in [6.07, 6.45) is 8.33. The highest BCUT2D eigenvalue weighted by atomic mass is 16.2. The molecule has 1 aliphatic heterocycles. The van der Waals surface area contributed by atoms with Crippen LogP contribution in [0, 0.1) is 0 Å². The third kappa shape index (κ3) is 8.94. The topological polar surface area (TPSA) is 61.4 Å². The van der Waals surface area contributed by atoms with Gasteiger partial charge in [-0.3, -0.25) is 9.59 Å². The number of unbranched alkanes of at least 4 members (excludes halogenated alkanes) is 4. The highest BCUT2D eigenvalue weighted by Gasteiger charge is 2.23. The van der Waals surface area contributed by atoms with Crippen LogP contribution < -0.4 is 10.6 Å². The molecule has 0 aromatic heterocycles. The lowest BCUT2D eigenvalue weighted by molar-refractivity contribution is -0.132. The van der Waals surface area contributed by atoms with Crippen LogP contribution in [-0.2, 0) is 9.59 Å². The predicted octanol–water partition coefficient (Wildman–Crippen LogP) is 2.45. The Morgan fingerprint density at radius 3 is 2.35 bits per heavy atom. The smallest absolute Gasteiger partial charge is 0.234 e. The van der Waals surface area contributed by atoms with Crippen molar-refractivity contribution in [3.63, 3.8) is 0 Å². The molecule has 0 aromatic carbocycles. The number of amides is 2. The zero-order valence-corrected chi connectivity index (χ0v) is 15.2. The second kappa shape index (κ2) is 11.4. The van der Waals surface area contributed by atoms with Crippen LogP contribution in [0.3, 0.4) is 0 Å². The molecule has 0 saturated carbocycles. The minimum Gasteiger partial charge on any atom is -0.352 e. The SMILES string of the molecule is CCCCCCCC(=O)N1CCC(NC(=O)CNC(C)C)CC1. The Morgan fingerprint density at radius 2 is 1.74 bits per heavy atom. The van der Waals surface area contributed by atoms with Gasteiger partial charge in [0.05, 0.1) is 6.54 Å². The number of hydrogen-bond acceptors (Lipinski definition) is 3. The van der Waals surface area contributed by atoms with Gasteiger partial charge in [-0.1, -0.05) is 46.5 Å². The second-order valence-electron chi connectivity index (χ2n) is 6.92. The van der Waals surface area contributed by atoms with Gasteiger partial charge in [0.25, 0.3) is 0 Å². The van der Waals surface area contributed by atoms with Crippen molar-refractivity contribution < 1.29 is 9.59 Å². The van der Waals surface area contributed by atoms with Crippen LogP contribution in [0.2, 0.25) is 0 Å². The van der Waals surface area contributed by atoms with E-state index < -0.39 is 0 Å². The Hall–Kier alpha value is -1.10. The maximum absolute atomic E-state index is 12.2. The summed E-state index contributed by atoms with van der Waals surface area (Å²) in [5.41, 5.74) is 0. The molecule has 0 aliphatic carbocycles. The zero-order chi connectivity index (χ0) is 17.1. The number of carbonyl (C=O) groups excluding carboxylic acids is 2. The van der Waals surface area contributed by atoms with Gasteiger partial charge in [-0.25, -0.2) is 0 Å². The standard InChI is InChI=1S/C18H35N3O2/c1-4-5-6-7-8-9-18(23)21-12-10-16(11-13-21)20-17(22)14-19-15(2)3/h15-16,19H,4-14H2,1-3H3,(H,20,22). The molecular formula is C18H35N3O2. The fourth-order valence-corrected chi connectivity index (χ4v) is 2.89. The van der Waals surface area contributed by atoms with Gasteiger partial charge in [0, 0.05) is 31.6 Å². The van der Waals surface area contributed by atoms with Crippen molar-refractivity contribution in [2.45, 2.75) is 84.2 Å². The van der Waals surface area contributed by atoms with E-state index in [1.807, 2.05) is 18.7 Å². The van der Waals surface area contributed by atoms with Crippen LogP contribution in [0.1, 0.15) is 72.1 Å². The van der Waals surface area contributed by atoms with Crippen molar-refractivity contribution in [2.75, 3.05) is 19.6 Å². The molecule has 1 rings (SSSR count). The Morgan fingerprint density at radius 1 is 1.09 bits per heavy atom. The highest BCUT2D eigenvalue weighted by Crippen LogP contribution is 2.13. The summed E-state index contributed by atoms with van der Waals surface area (Å²) in [6, 6.07) is 0.530. The molecule has 0 spiro atoms. The predicted molar refractivity (Wildman–Crippen MR) is 94.3 cm³/mol. The van der Waals surface area contributed by atoms with E-state index in [0.717, 1.165) is 38.8 Å². The van der Waals surface area contributed by atoms with Crippen LogP contribution in [0.5, 0.6) is 0 Å². The van der Waals surface area contributed by atoms with E-state index in [2.05, 4.69) is 17.6 Å². The molecule has 1 aliphatic rings. The number of rotatable bonds is 10. The van der Waals surface area contributed by atoms with Crippen LogP contribution in [0.4, 0.5) is 0 Å². The molecule has 5 nitrogen and oxygen atoms in total. The second-order valence-corrected chi connectivity index (χ2v) is 6.92. The van der Waals surface area contributed by atoms with E-state index in [0.29, 0.717) is 19.0 Å². The van der Waals surface area contributed by atoms with Gasteiger partial charge in [0.1, 0.15) is 0 Å². The van der Waals surface area contributed by atoms with Gasteiger partial charge in [-0.2, -0.15) is 0 Å². The summed E-state index contributed by atoms with van der Waals surface area (Å²) >= 11 is 0. The van der Waals surface area contributed by atoms with E-state index in [1.54, 1.807) is 0 Å². The average molecular weight is 325 g/mol. The molecule has 0 bridgehead atoms. The first-order valence-electron chi connectivity index (χ1n) is 9.33. The normalized spacial score (nSPS) is 15.9. The van der Waals surface area contributed by atoms with Gasteiger partial charge >= 0.3 is 0 Å². The number of nitrogens with one attached hydrogen (secondary N) is 2. The van der Waals surface area contributed by atoms with Crippen molar-refractivity contribution in [3.05, 3.63) is 0 Å². The summed E-state index contributed by atoms with van der Waals surface area (Å²) in [5.74, 6) is 0.340. The fraction of sp³-hybridized carbons (Fsp3) is 0.889. The number of piperidine rings is 1. The summed E-state index contributed by atoms with van der Waals surface area (Å²) in [5, 5.41) is 6.18. The molecule has 0 radical (unpaired) electrons. The lowest BCUT2D eigenvalue weighted by atomic mass is 10.0. The summed E-state index contributed by atoms with van der Waals surface area (Å²) in [6.45, 7) is 8.17. The number of hydrogen-bond donors (Lipinski definition) is 2. The summed E-state index contributed by atoms with van der Waals surface area (Å²) in [7, 11) is 0. The Labute approximate surface area is 141 Å². The quantitative estimate of drug-likeness (QED) is 0.607. The summed E-state index contributed by atoms with van der Waals surface area (Å²) in [4.78, 5) is 25.9. The van der Waals surface area contributed by atoms with Crippen molar-refractivity contribution in [3.8, 4) is 0 Å². The lowest BCUT2D eigenvalue weighted by Crippen LogP contribution is -2.48. The lowest BCUT2D eigenvalue weighted by Gasteiger charge is -2.32. The van der Waals surface area contributed by atoms with E-state index in [-0.39, 0.29) is 17.9 Å². The van der Waals surface area contributed by atoms with Crippen LogP contribution in [0.15, 0.2) is 0 Å². The van der Waals surface area contributed by atoms with Crippen LogP contribution >= 0.6 is 0 Å². The monoisotopic (exact) mass is 325 g/mol. The molecule has 0 unspecified atom stereocenters. The molecule has 134 valence electrons. The molecule has 0 atom stereocenters. The van der Waals surface area contributed by atoms with E-state index in [4.69, 9.17) is 0 Å². The molecule has 23 heavy (non-hydrogen) atoms. The molecule has 1 fully saturated rings. The third-order valence-corrected chi connectivity index (χ3v) is 4.38. The van der Waals surface area contributed by atoms with Gasteiger partial charge in [0.15, 0.2) is 0 Å². The van der Waals surface area contributed by atoms with Gasteiger partial charge in [-0.05, 0) is 19.3 Å². The average Bonchev–Trinajstić information content (AvgIpc) is 2.53. The maximum Gasteiger partial charge on any atom is 0.234 e. The Balaban J connectivity index is 2.14. The molecule has 2 amide bonds. The van der Waals surface area contributed by atoms with Gasteiger partial charge in [0.2, 0.25) is 11.8 Å². The minimum absolute atomic E-state index is 0.0550. The summed E-state index contributed by atoms with van der Waals surface area (Å²) < 4.78 is 0. The van der Waals surface area contributed by atoms with Crippen molar-refractivity contribution in [1.82, 2.24) is 15.5 Å². The zero-order valence-electron chi connectivity index (χ0n) is 15.2. The molecule has 1 heterocycles. The first-order valence-corrected chi connectivity index (χ1v) is 9.33. The Kier molecular flexibility index (Phi) is 9.92. The minimum atomic E-state index is 0.0550. The third-order valence-electron chi connectivity index (χ3n) is 4.38. The van der Waals surface area contributed by atoms with Crippen LogP contribution in [0.25, 0.3) is 0 Å². The van der Waals surface area contributed by atoms with E-state index in [9.17, 15) is 9.59 Å². The van der Waals surface area contributed by atoms with Gasteiger partial charge in [-0.15, -0.1) is 0 Å².